The number of carboxylic acid groups (broad SMARTS) is 2. The number of hydrogen-bond donors (Lipinski definition) is 3. The quantitative estimate of drug-likeness (QED) is 0.357. The van der Waals surface area contributed by atoms with E-state index in [0.29, 0.717) is 6.54 Å². The zero-order valence-electron chi connectivity index (χ0n) is 20.0. The molecule has 8 nitrogen and oxygen atoms in total. The molecule has 1 aromatic heterocycles. The van der Waals surface area contributed by atoms with Crippen LogP contribution in [0.25, 0.3) is 21.8 Å². The average molecular weight is 490 g/mol. The van der Waals surface area contributed by atoms with Gasteiger partial charge in [0.15, 0.2) is 0 Å². The van der Waals surface area contributed by atoms with Gasteiger partial charge >= 0.3 is 11.9 Å². The van der Waals surface area contributed by atoms with Gasteiger partial charge in [-0.05, 0) is 17.7 Å². The van der Waals surface area contributed by atoms with E-state index < -0.39 is 11.9 Å². The predicted octanol–water partition coefficient (Wildman–Crippen LogP) is 3.13. The summed E-state index contributed by atoms with van der Waals surface area (Å²) in [5, 5.41) is 28.2. The molecule has 0 spiro atoms. The molecule has 0 aliphatic carbocycles. The van der Waals surface area contributed by atoms with Crippen LogP contribution in [0.2, 0.25) is 0 Å². The van der Waals surface area contributed by atoms with Crippen LogP contribution in [-0.2, 0) is 22.7 Å². The van der Waals surface area contributed by atoms with E-state index in [4.69, 9.17) is 19.8 Å². The standard InChI is InChI=1S/C26H29N3O.C2H2O4/c30-22(19-28-16-14-27(15-17-28)18-21-8-2-1-3-9-21)20-29-25-12-6-4-10-23(25)24-11-5-7-13-26(24)29;3-1(4)2(5)6/h1-13,22,30H,14-20H2;(H,3,4)(H,5,6). The fourth-order valence-corrected chi connectivity index (χ4v) is 4.74. The second kappa shape index (κ2) is 11.8. The third-order valence-electron chi connectivity index (χ3n) is 6.44. The summed E-state index contributed by atoms with van der Waals surface area (Å²) >= 11 is 0. The molecule has 0 saturated carbocycles. The Morgan fingerprint density at radius 3 is 1.67 bits per heavy atom. The van der Waals surface area contributed by atoms with Gasteiger partial charge in [-0.15, -0.1) is 0 Å². The molecule has 36 heavy (non-hydrogen) atoms. The number of carbonyl (C=O) groups is 2. The van der Waals surface area contributed by atoms with Crippen LogP contribution in [0.1, 0.15) is 5.56 Å². The third-order valence-corrected chi connectivity index (χ3v) is 6.44. The maximum absolute atomic E-state index is 10.9. The molecule has 2 heterocycles. The lowest BCUT2D eigenvalue weighted by molar-refractivity contribution is -0.159. The molecule has 1 aliphatic heterocycles. The molecule has 1 unspecified atom stereocenters. The number of aliphatic hydroxyl groups is 1. The van der Waals surface area contributed by atoms with E-state index in [1.165, 1.54) is 27.4 Å². The summed E-state index contributed by atoms with van der Waals surface area (Å²) in [4.78, 5) is 23.1. The molecule has 8 heteroatoms. The lowest BCUT2D eigenvalue weighted by Crippen LogP contribution is -2.48. The summed E-state index contributed by atoms with van der Waals surface area (Å²) in [7, 11) is 0. The Morgan fingerprint density at radius 1 is 0.667 bits per heavy atom. The van der Waals surface area contributed by atoms with Gasteiger partial charge < -0.3 is 19.9 Å². The maximum Gasteiger partial charge on any atom is 0.414 e. The molecule has 3 N–H and O–H groups in total. The fraction of sp³-hybridized carbons (Fsp3) is 0.286. The highest BCUT2D eigenvalue weighted by Crippen LogP contribution is 2.29. The van der Waals surface area contributed by atoms with Crippen molar-refractivity contribution in [1.82, 2.24) is 14.4 Å². The van der Waals surface area contributed by atoms with Gasteiger partial charge in [-0.1, -0.05) is 66.7 Å². The summed E-state index contributed by atoms with van der Waals surface area (Å²) in [5.41, 5.74) is 3.77. The van der Waals surface area contributed by atoms with Gasteiger partial charge in [0.25, 0.3) is 0 Å². The number of aliphatic carboxylic acids is 2. The predicted molar refractivity (Wildman–Crippen MR) is 139 cm³/mol. The second-order valence-corrected chi connectivity index (χ2v) is 8.97. The van der Waals surface area contributed by atoms with Gasteiger partial charge in [0.2, 0.25) is 0 Å². The number of piperazine rings is 1. The SMILES string of the molecule is O=C(O)C(=O)O.OC(CN1CCN(Cc2ccccc2)CC1)Cn1c2ccccc2c2ccccc21. The highest BCUT2D eigenvalue weighted by Gasteiger charge is 2.20. The lowest BCUT2D eigenvalue weighted by Gasteiger charge is -2.35. The van der Waals surface area contributed by atoms with Gasteiger partial charge in [0, 0.05) is 61.1 Å². The molecule has 3 aromatic carbocycles. The van der Waals surface area contributed by atoms with Crippen LogP contribution in [-0.4, -0.2) is 80.5 Å². The average Bonchev–Trinajstić information content (AvgIpc) is 3.20. The number of hydrogen-bond acceptors (Lipinski definition) is 5. The molecule has 0 bridgehead atoms. The second-order valence-electron chi connectivity index (χ2n) is 8.97. The summed E-state index contributed by atoms with van der Waals surface area (Å²) in [6, 6.07) is 27.7. The lowest BCUT2D eigenvalue weighted by atomic mass is 10.2. The number of fused-ring (bicyclic) bond motifs is 3. The number of benzene rings is 3. The third kappa shape index (κ3) is 6.28. The van der Waals surface area contributed by atoms with Crippen LogP contribution in [0.5, 0.6) is 0 Å². The number of carboxylic acids is 2. The monoisotopic (exact) mass is 489 g/mol. The van der Waals surface area contributed by atoms with Crippen molar-refractivity contribution in [2.45, 2.75) is 19.2 Å². The van der Waals surface area contributed by atoms with Crippen LogP contribution in [0.3, 0.4) is 0 Å². The van der Waals surface area contributed by atoms with E-state index >= 15 is 0 Å². The summed E-state index contributed by atoms with van der Waals surface area (Å²) in [5.74, 6) is -3.65. The van der Waals surface area contributed by atoms with Crippen molar-refractivity contribution in [3.05, 3.63) is 84.4 Å². The molecule has 4 aromatic rings. The summed E-state index contributed by atoms with van der Waals surface area (Å²) in [6.07, 6.45) is -0.384. The Bertz CT molecular complexity index is 1250. The number of nitrogens with zero attached hydrogens (tertiary/aromatic N) is 3. The number of para-hydroxylation sites is 2. The first-order chi connectivity index (χ1) is 17.4. The van der Waals surface area contributed by atoms with Crippen molar-refractivity contribution < 1.29 is 24.9 Å². The maximum atomic E-state index is 10.9. The van der Waals surface area contributed by atoms with E-state index in [2.05, 4.69) is 93.2 Å². The first kappa shape index (κ1) is 25.4. The van der Waals surface area contributed by atoms with E-state index in [-0.39, 0.29) is 6.10 Å². The molecule has 5 rings (SSSR count). The van der Waals surface area contributed by atoms with Crippen LogP contribution >= 0.6 is 0 Å². The highest BCUT2D eigenvalue weighted by molar-refractivity contribution is 6.27. The van der Waals surface area contributed by atoms with E-state index in [0.717, 1.165) is 39.3 Å². The summed E-state index contributed by atoms with van der Waals surface area (Å²) in [6.45, 7) is 6.49. The smallest absolute Gasteiger partial charge is 0.414 e. The highest BCUT2D eigenvalue weighted by atomic mass is 16.4. The van der Waals surface area contributed by atoms with Gasteiger partial charge in [0.1, 0.15) is 0 Å². The van der Waals surface area contributed by atoms with Crippen LogP contribution in [0.4, 0.5) is 0 Å². The zero-order chi connectivity index (χ0) is 25.5. The van der Waals surface area contributed by atoms with Crippen molar-refractivity contribution in [1.29, 1.82) is 0 Å². The fourth-order valence-electron chi connectivity index (χ4n) is 4.74. The summed E-state index contributed by atoms with van der Waals surface area (Å²) < 4.78 is 2.28. The molecule has 0 amide bonds. The minimum absolute atomic E-state index is 0.384. The molecular weight excluding hydrogens is 458 g/mol. The van der Waals surface area contributed by atoms with Crippen molar-refractivity contribution in [2.24, 2.45) is 0 Å². The van der Waals surface area contributed by atoms with E-state index in [1.807, 2.05) is 0 Å². The topological polar surface area (TPSA) is 106 Å². The van der Waals surface area contributed by atoms with Gasteiger partial charge in [0.05, 0.1) is 12.6 Å². The van der Waals surface area contributed by atoms with Crippen molar-refractivity contribution >= 4 is 33.7 Å². The molecular formula is C28H31N3O5. The van der Waals surface area contributed by atoms with Gasteiger partial charge in [-0.2, -0.15) is 0 Å². The molecule has 1 aliphatic rings. The Balaban J connectivity index is 0.000000455. The largest absolute Gasteiger partial charge is 0.473 e. The van der Waals surface area contributed by atoms with Crippen molar-refractivity contribution in [2.75, 3.05) is 32.7 Å². The van der Waals surface area contributed by atoms with E-state index in [1.54, 1.807) is 0 Å². The van der Waals surface area contributed by atoms with Gasteiger partial charge in [-0.25, -0.2) is 9.59 Å². The Kier molecular flexibility index (Phi) is 8.32. The number of aliphatic hydroxyl groups excluding tert-OH is 1. The number of rotatable bonds is 6. The first-order valence-electron chi connectivity index (χ1n) is 12.0. The molecule has 1 atom stereocenters. The number of aromatic nitrogens is 1. The Morgan fingerprint density at radius 2 is 1.14 bits per heavy atom. The van der Waals surface area contributed by atoms with Crippen LogP contribution in [0.15, 0.2) is 78.9 Å². The molecule has 1 saturated heterocycles. The Labute approximate surface area is 209 Å². The van der Waals surface area contributed by atoms with Crippen LogP contribution < -0.4 is 0 Å². The van der Waals surface area contributed by atoms with E-state index in [9.17, 15) is 5.11 Å². The Hall–Kier alpha value is -3.72. The normalized spacial score (nSPS) is 15.4. The minimum atomic E-state index is -1.82. The molecule has 1 fully saturated rings. The minimum Gasteiger partial charge on any atom is -0.473 e. The van der Waals surface area contributed by atoms with Crippen molar-refractivity contribution in [3.63, 3.8) is 0 Å². The first-order valence-corrected chi connectivity index (χ1v) is 12.0. The van der Waals surface area contributed by atoms with Crippen LogP contribution in [0, 0.1) is 0 Å². The molecule has 0 radical (unpaired) electrons. The van der Waals surface area contributed by atoms with Gasteiger partial charge in [-0.3, -0.25) is 9.80 Å². The zero-order valence-corrected chi connectivity index (χ0v) is 20.0. The van der Waals surface area contributed by atoms with Crippen molar-refractivity contribution in [3.8, 4) is 0 Å². The molecule has 188 valence electrons. The number of β-amino-alcohol motifs (C(OH)–C–C–N with tert-alkyl or cyclic N) is 1.